The summed E-state index contributed by atoms with van der Waals surface area (Å²) >= 11 is 6.93. The third-order valence-electron chi connectivity index (χ3n) is 6.92. The van der Waals surface area contributed by atoms with Gasteiger partial charge in [0, 0.05) is 17.7 Å². The lowest BCUT2D eigenvalue weighted by Gasteiger charge is -2.30. The van der Waals surface area contributed by atoms with E-state index in [9.17, 15) is 9.59 Å². The highest BCUT2D eigenvalue weighted by Crippen LogP contribution is 2.49. The smallest absolute Gasteiger partial charge is 0.266 e. The molecule has 2 aliphatic carbocycles. The van der Waals surface area contributed by atoms with E-state index >= 15 is 0 Å². The van der Waals surface area contributed by atoms with Crippen LogP contribution in [0.2, 0.25) is 0 Å². The number of hydrogen-bond acceptors (Lipinski definition) is 8. The summed E-state index contributed by atoms with van der Waals surface area (Å²) in [5.41, 5.74) is 0.690. The van der Waals surface area contributed by atoms with Crippen LogP contribution in [0.4, 0.5) is 0 Å². The first-order chi connectivity index (χ1) is 16.9. The number of amides is 1. The van der Waals surface area contributed by atoms with Gasteiger partial charge in [-0.05, 0) is 62.3 Å². The van der Waals surface area contributed by atoms with Gasteiger partial charge in [0.1, 0.15) is 22.4 Å². The molecule has 3 unspecified atom stereocenters. The van der Waals surface area contributed by atoms with Gasteiger partial charge in [-0.3, -0.25) is 14.5 Å². The van der Waals surface area contributed by atoms with Gasteiger partial charge in [-0.25, -0.2) is 0 Å². The second-order valence-corrected chi connectivity index (χ2v) is 10.9. The number of nitrogens with zero attached hydrogens (tertiary/aromatic N) is 1. The second-order valence-electron chi connectivity index (χ2n) is 9.20. The van der Waals surface area contributed by atoms with Crippen molar-refractivity contribution in [1.29, 1.82) is 0 Å². The minimum absolute atomic E-state index is 0.0264. The Morgan fingerprint density at radius 3 is 2.66 bits per heavy atom. The molecule has 1 aromatic carbocycles. The predicted molar refractivity (Wildman–Crippen MR) is 138 cm³/mol. The Balaban J connectivity index is 1.39. The molecule has 2 saturated carbocycles. The molecule has 2 bridgehead atoms. The molecule has 5 rings (SSSR count). The molecular weight excluding hydrogens is 486 g/mol. The highest BCUT2D eigenvalue weighted by atomic mass is 32.2. The lowest BCUT2D eigenvalue weighted by Crippen LogP contribution is -2.41. The zero-order chi connectivity index (χ0) is 24.7. The van der Waals surface area contributed by atoms with E-state index in [0.717, 1.165) is 12.3 Å². The fourth-order valence-corrected chi connectivity index (χ4v) is 6.72. The molecule has 3 atom stereocenters. The molecule has 7 nitrogen and oxygen atoms in total. The third kappa shape index (κ3) is 4.59. The van der Waals surface area contributed by atoms with Gasteiger partial charge in [-0.15, -0.1) is 0 Å². The Hall–Kier alpha value is -2.78. The molecule has 9 heteroatoms. The molecule has 0 spiro atoms. The summed E-state index contributed by atoms with van der Waals surface area (Å²) in [6, 6.07) is 7.38. The van der Waals surface area contributed by atoms with Gasteiger partial charge in [-0.1, -0.05) is 30.4 Å². The van der Waals surface area contributed by atoms with E-state index in [1.807, 2.05) is 17.0 Å². The van der Waals surface area contributed by atoms with E-state index in [4.69, 9.17) is 30.8 Å². The number of furan rings is 1. The first kappa shape index (κ1) is 23.9. The number of hydrogen-bond donors (Lipinski definition) is 0. The highest BCUT2D eigenvalue weighted by Gasteiger charge is 2.48. The Morgan fingerprint density at radius 1 is 1.20 bits per heavy atom. The molecule has 0 N–H and O–H groups in total. The number of carbonyl (C=O) groups excluding carboxylic acids is 2. The fourth-order valence-electron chi connectivity index (χ4n) is 5.37. The standard InChI is InChI=1S/C26H27NO6S2/c1-14(28)13-32-22-11-17(10-21(30-2)24(22)31-3)20-7-6-18(33-20)12-23-25(29)27(26(34)35-23)19-9-15-4-5-16(19)8-15/h6-7,10-12,15-16,19H,4-5,8-9,13H2,1-3H3/b23-12-. The van der Waals surface area contributed by atoms with Crippen LogP contribution in [0.5, 0.6) is 17.2 Å². The van der Waals surface area contributed by atoms with E-state index < -0.39 is 0 Å². The van der Waals surface area contributed by atoms with Crippen molar-refractivity contribution >= 4 is 46.1 Å². The van der Waals surface area contributed by atoms with Crippen LogP contribution in [0, 0.1) is 11.8 Å². The monoisotopic (exact) mass is 513 g/mol. The minimum atomic E-state index is -0.112. The van der Waals surface area contributed by atoms with Crippen LogP contribution in [0.15, 0.2) is 33.6 Å². The molecule has 35 heavy (non-hydrogen) atoms. The van der Waals surface area contributed by atoms with Crippen LogP contribution in [0.25, 0.3) is 17.4 Å². The maximum absolute atomic E-state index is 13.2. The van der Waals surface area contributed by atoms with Gasteiger partial charge >= 0.3 is 0 Å². The summed E-state index contributed by atoms with van der Waals surface area (Å²) in [6.45, 7) is 1.36. The number of rotatable bonds is 8. The molecule has 1 aliphatic heterocycles. The predicted octanol–water partition coefficient (Wildman–Crippen LogP) is 5.32. The van der Waals surface area contributed by atoms with Crippen LogP contribution in [-0.2, 0) is 9.59 Å². The first-order valence-corrected chi connectivity index (χ1v) is 12.9. The van der Waals surface area contributed by atoms with Crippen molar-refractivity contribution in [1.82, 2.24) is 4.90 Å². The normalized spacial score (nSPS) is 24.5. The number of fused-ring (bicyclic) bond motifs is 2. The van der Waals surface area contributed by atoms with E-state index in [1.165, 1.54) is 52.2 Å². The first-order valence-electron chi connectivity index (χ1n) is 11.6. The minimum Gasteiger partial charge on any atom is -0.493 e. The number of benzene rings is 1. The number of ketones is 1. The molecule has 2 aromatic rings. The third-order valence-corrected chi connectivity index (χ3v) is 8.25. The molecule has 184 valence electrons. The molecule has 3 fully saturated rings. The summed E-state index contributed by atoms with van der Waals surface area (Å²) in [6.07, 6.45) is 6.49. The second kappa shape index (κ2) is 9.70. The average Bonchev–Trinajstić information content (AvgIpc) is 3.62. The molecule has 1 amide bonds. The van der Waals surface area contributed by atoms with Crippen molar-refractivity contribution in [3.63, 3.8) is 0 Å². The number of methoxy groups -OCH3 is 2. The number of thioether (sulfide) groups is 1. The molecule has 3 aliphatic rings. The van der Waals surface area contributed by atoms with Gasteiger partial charge in [0.2, 0.25) is 5.75 Å². The van der Waals surface area contributed by atoms with Crippen molar-refractivity contribution in [3.8, 4) is 28.6 Å². The van der Waals surface area contributed by atoms with Crippen molar-refractivity contribution < 1.29 is 28.2 Å². The van der Waals surface area contributed by atoms with Gasteiger partial charge < -0.3 is 18.6 Å². The van der Waals surface area contributed by atoms with Crippen molar-refractivity contribution in [2.75, 3.05) is 20.8 Å². The van der Waals surface area contributed by atoms with E-state index in [-0.39, 0.29) is 24.3 Å². The van der Waals surface area contributed by atoms with Gasteiger partial charge in [0.25, 0.3) is 5.91 Å². The Bertz CT molecular complexity index is 1220. The van der Waals surface area contributed by atoms with Gasteiger partial charge in [-0.2, -0.15) is 0 Å². The zero-order valence-electron chi connectivity index (χ0n) is 19.9. The number of Topliss-reactive ketones (excluding diaryl/α,β-unsaturated/α-hetero) is 1. The van der Waals surface area contributed by atoms with Crippen LogP contribution in [-0.4, -0.2) is 47.8 Å². The number of thiocarbonyl (C=S) groups is 1. The fraction of sp³-hybridized carbons (Fsp3) is 0.423. The van der Waals surface area contributed by atoms with Crippen LogP contribution in [0.3, 0.4) is 0 Å². The molecule has 0 radical (unpaired) electrons. The topological polar surface area (TPSA) is 78.2 Å². The van der Waals surface area contributed by atoms with Crippen molar-refractivity contribution in [2.24, 2.45) is 11.8 Å². The molecule has 1 aromatic heterocycles. The van der Waals surface area contributed by atoms with Gasteiger partial charge in [0.15, 0.2) is 17.3 Å². The molecule has 1 saturated heterocycles. The summed E-state index contributed by atoms with van der Waals surface area (Å²) in [5, 5.41) is 0. The Labute approximate surface area is 213 Å². The highest BCUT2D eigenvalue weighted by molar-refractivity contribution is 8.26. The largest absolute Gasteiger partial charge is 0.493 e. The summed E-state index contributed by atoms with van der Waals surface area (Å²) < 4.78 is 23.2. The van der Waals surface area contributed by atoms with Crippen molar-refractivity contribution in [3.05, 3.63) is 34.9 Å². The van der Waals surface area contributed by atoms with Crippen LogP contribution in [0.1, 0.15) is 38.4 Å². The molecular formula is C26H27NO6S2. The summed E-state index contributed by atoms with van der Waals surface area (Å²) in [7, 11) is 3.04. The van der Waals surface area contributed by atoms with Crippen LogP contribution < -0.4 is 14.2 Å². The number of ether oxygens (including phenoxy) is 3. The van der Waals surface area contributed by atoms with E-state index in [2.05, 4.69) is 0 Å². The quantitative estimate of drug-likeness (QED) is 0.347. The molecule has 2 heterocycles. The summed E-state index contributed by atoms with van der Waals surface area (Å²) in [5.74, 6) is 3.51. The average molecular weight is 514 g/mol. The Kier molecular flexibility index (Phi) is 6.63. The maximum Gasteiger partial charge on any atom is 0.266 e. The van der Waals surface area contributed by atoms with Crippen LogP contribution >= 0.6 is 24.0 Å². The lowest BCUT2D eigenvalue weighted by molar-refractivity contribution is -0.124. The SMILES string of the molecule is COc1cc(-c2ccc(/C=C3\SC(=S)N(C4CC5CCC4C5)C3=O)o2)cc(OCC(C)=O)c1OC. The zero-order valence-corrected chi connectivity index (χ0v) is 21.5. The van der Waals surface area contributed by atoms with Crippen molar-refractivity contribution in [2.45, 2.75) is 38.6 Å². The number of carbonyl (C=O) groups is 2. The summed E-state index contributed by atoms with van der Waals surface area (Å²) in [4.78, 5) is 27.1. The Morgan fingerprint density at radius 2 is 2.00 bits per heavy atom. The van der Waals surface area contributed by atoms with E-state index in [0.29, 0.717) is 49.5 Å². The van der Waals surface area contributed by atoms with E-state index in [1.54, 1.807) is 18.2 Å². The van der Waals surface area contributed by atoms with Gasteiger partial charge in [0.05, 0.1) is 19.1 Å². The maximum atomic E-state index is 13.2. The lowest BCUT2D eigenvalue weighted by atomic mass is 9.94.